The Balaban J connectivity index is 3.29. The summed E-state index contributed by atoms with van der Waals surface area (Å²) in [4.78, 5) is 36.3. The maximum absolute atomic E-state index is 13.0. The number of esters is 1. The first-order valence-electron chi connectivity index (χ1n) is 4.58. The molecule has 1 aromatic heterocycles. The van der Waals surface area contributed by atoms with Crippen LogP contribution in [0.2, 0.25) is 0 Å². The molecular weight excluding hydrogens is 233 g/mol. The van der Waals surface area contributed by atoms with Crippen LogP contribution in [0.3, 0.4) is 0 Å². The van der Waals surface area contributed by atoms with Gasteiger partial charge < -0.3 is 10.5 Å². The van der Waals surface area contributed by atoms with Crippen LogP contribution in [0.5, 0.6) is 0 Å². The minimum atomic E-state index is -1.15. The largest absolute Gasteiger partial charge is 0.442 e. The predicted molar refractivity (Wildman–Crippen MR) is 53.4 cm³/mol. The fourth-order valence-corrected chi connectivity index (χ4v) is 1.21. The van der Waals surface area contributed by atoms with E-state index in [1.54, 1.807) is 0 Å². The van der Waals surface area contributed by atoms with Gasteiger partial charge in [-0.15, -0.1) is 0 Å². The standard InChI is InChI=1S/C9H10FN3O4/c1-4(17-5(2)14)13-3-6(10)12-7(8(11)15)9(13)16/h3-4H,1-2H3,(H2,11,15). The van der Waals surface area contributed by atoms with Gasteiger partial charge in [0.15, 0.2) is 11.9 Å². The molecule has 1 aromatic rings. The van der Waals surface area contributed by atoms with Gasteiger partial charge in [-0.05, 0) is 6.92 Å². The van der Waals surface area contributed by atoms with Crippen LogP contribution in [-0.2, 0) is 9.53 Å². The first-order valence-corrected chi connectivity index (χ1v) is 4.58. The van der Waals surface area contributed by atoms with Crippen LogP contribution in [0.1, 0.15) is 30.6 Å². The summed E-state index contributed by atoms with van der Waals surface area (Å²) in [5, 5.41) is 0. The summed E-state index contributed by atoms with van der Waals surface area (Å²) in [6.07, 6.45) is -0.335. The monoisotopic (exact) mass is 243 g/mol. The zero-order valence-electron chi connectivity index (χ0n) is 9.14. The zero-order chi connectivity index (χ0) is 13.2. The molecule has 0 fully saturated rings. The highest BCUT2D eigenvalue weighted by molar-refractivity contribution is 5.90. The minimum Gasteiger partial charge on any atom is -0.442 e. The van der Waals surface area contributed by atoms with Gasteiger partial charge >= 0.3 is 5.97 Å². The van der Waals surface area contributed by atoms with Gasteiger partial charge in [0, 0.05) is 6.92 Å². The van der Waals surface area contributed by atoms with Gasteiger partial charge in [0.2, 0.25) is 5.95 Å². The molecule has 1 atom stereocenters. The van der Waals surface area contributed by atoms with E-state index in [-0.39, 0.29) is 0 Å². The molecule has 92 valence electrons. The molecule has 0 aromatic carbocycles. The Morgan fingerprint density at radius 1 is 1.59 bits per heavy atom. The highest BCUT2D eigenvalue weighted by Gasteiger charge is 2.18. The number of carbonyl (C=O) groups is 2. The molecule has 7 nitrogen and oxygen atoms in total. The smallest absolute Gasteiger partial charge is 0.304 e. The maximum Gasteiger partial charge on any atom is 0.304 e. The van der Waals surface area contributed by atoms with Gasteiger partial charge in [0.1, 0.15) is 0 Å². The summed E-state index contributed by atoms with van der Waals surface area (Å²) in [5.41, 5.74) is 3.19. The molecule has 8 heteroatoms. The lowest BCUT2D eigenvalue weighted by Gasteiger charge is -2.15. The maximum atomic E-state index is 13.0. The number of hydrogen-bond acceptors (Lipinski definition) is 5. The first kappa shape index (κ1) is 12.8. The number of ether oxygens (including phenoxy) is 1. The van der Waals surface area contributed by atoms with E-state index >= 15 is 0 Å². The Morgan fingerprint density at radius 3 is 2.65 bits per heavy atom. The summed E-state index contributed by atoms with van der Waals surface area (Å²) in [5.74, 6) is -2.88. The Kier molecular flexibility index (Phi) is 3.56. The molecule has 0 radical (unpaired) electrons. The zero-order valence-corrected chi connectivity index (χ0v) is 9.14. The third-order valence-electron chi connectivity index (χ3n) is 1.86. The number of carbonyl (C=O) groups excluding carboxylic acids is 2. The fraction of sp³-hybridized carbons (Fsp3) is 0.333. The summed E-state index contributed by atoms with van der Waals surface area (Å²) in [6.45, 7) is 2.47. The Hall–Kier alpha value is -2.25. The Bertz CT molecular complexity index is 525. The number of halogens is 1. The van der Waals surface area contributed by atoms with Gasteiger partial charge in [-0.25, -0.2) is 4.98 Å². The van der Waals surface area contributed by atoms with Gasteiger partial charge in [-0.1, -0.05) is 0 Å². The number of nitrogens with zero attached hydrogens (tertiary/aromatic N) is 2. The predicted octanol–water partition coefficient (Wildman–Crippen LogP) is -0.437. The molecule has 0 saturated carbocycles. The number of amides is 1. The van der Waals surface area contributed by atoms with Crippen molar-refractivity contribution < 1.29 is 18.7 Å². The molecule has 1 heterocycles. The van der Waals surface area contributed by atoms with E-state index in [9.17, 15) is 18.8 Å². The fourth-order valence-electron chi connectivity index (χ4n) is 1.21. The highest BCUT2D eigenvalue weighted by atomic mass is 19.1. The average Bonchev–Trinajstić information content (AvgIpc) is 2.19. The van der Waals surface area contributed by atoms with Crippen molar-refractivity contribution >= 4 is 11.9 Å². The van der Waals surface area contributed by atoms with Crippen molar-refractivity contribution in [2.24, 2.45) is 5.73 Å². The minimum absolute atomic E-state index is 0.651. The summed E-state index contributed by atoms with van der Waals surface area (Å²) >= 11 is 0. The van der Waals surface area contributed by atoms with E-state index in [1.165, 1.54) is 6.92 Å². The lowest BCUT2D eigenvalue weighted by molar-refractivity contribution is -0.149. The first-order chi connectivity index (χ1) is 7.82. The molecule has 0 spiro atoms. The van der Waals surface area contributed by atoms with E-state index in [0.717, 1.165) is 17.7 Å². The number of rotatable bonds is 3. The summed E-state index contributed by atoms with van der Waals surface area (Å²) < 4.78 is 18.5. The van der Waals surface area contributed by atoms with Crippen molar-refractivity contribution in [2.45, 2.75) is 20.1 Å². The normalized spacial score (nSPS) is 11.9. The van der Waals surface area contributed by atoms with Crippen molar-refractivity contribution in [3.63, 3.8) is 0 Å². The second-order valence-corrected chi connectivity index (χ2v) is 3.20. The topological polar surface area (TPSA) is 104 Å². The van der Waals surface area contributed by atoms with E-state index in [0.29, 0.717) is 0 Å². The molecule has 0 aliphatic rings. The van der Waals surface area contributed by atoms with Crippen molar-refractivity contribution in [1.82, 2.24) is 9.55 Å². The van der Waals surface area contributed by atoms with E-state index in [2.05, 4.69) is 9.72 Å². The van der Waals surface area contributed by atoms with Crippen LogP contribution >= 0.6 is 0 Å². The van der Waals surface area contributed by atoms with E-state index in [4.69, 9.17) is 5.73 Å². The van der Waals surface area contributed by atoms with Crippen LogP contribution in [0.4, 0.5) is 4.39 Å². The molecule has 0 saturated heterocycles. The summed E-state index contributed by atoms with van der Waals surface area (Å²) in [6, 6.07) is 0. The lowest BCUT2D eigenvalue weighted by Crippen LogP contribution is -2.34. The third-order valence-corrected chi connectivity index (χ3v) is 1.86. The number of aromatic nitrogens is 2. The van der Waals surface area contributed by atoms with Crippen LogP contribution in [0, 0.1) is 5.95 Å². The highest BCUT2D eigenvalue weighted by Crippen LogP contribution is 2.05. The van der Waals surface area contributed by atoms with Crippen molar-refractivity contribution in [3.05, 3.63) is 28.2 Å². The number of primary amides is 1. The van der Waals surface area contributed by atoms with Gasteiger partial charge in [-0.3, -0.25) is 19.0 Å². The summed E-state index contributed by atoms with van der Waals surface area (Å²) in [7, 11) is 0. The van der Waals surface area contributed by atoms with Crippen LogP contribution < -0.4 is 11.3 Å². The van der Waals surface area contributed by atoms with Crippen molar-refractivity contribution in [1.29, 1.82) is 0 Å². The average molecular weight is 243 g/mol. The molecule has 1 unspecified atom stereocenters. The second-order valence-electron chi connectivity index (χ2n) is 3.20. The van der Waals surface area contributed by atoms with Crippen LogP contribution in [-0.4, -0.2) is 21.4 Å². The Labute approximate surface area is 95.0 Å². The van der Waals surface area contributed by atoms with Crippen molar-refractivity contribution in [2.75, 3.05) is 0 Å². The van der Waals surface area contributed by atoms with Gasteiger partial charge in [0.25, 0.3) is 11.5 Å². The van der Waals surface area contributed by atoms with Gasteiger partial charge in [-0.2, -0.15) is 4.39 Å². The molecular formula is C9H10FN3O4. The molecule has 2 N–H and O–H groups in total. The molecule has 0 aliphatic carbocycles. The quantitative estimate of drug-likeness (QED) is 0.725. The second kappa shape index (κ2) is 4.73. The van der Waals surface area contributed by atoms with E-state index < -0.39 is 35.3 Å². The van der Waals surface area contributed by atoms with E-state index in [1.807, 2.05) is 0 Å². The molecule has 1 amide bonds. The molecule has 0 bridgehead atoms. The SMILES string of the molecule is CC(=O)OC(C)n1cc(F)nc(C(N)=O)c1=O. The van der Waals surface area contributed by atoms with Crippen molar-refractivity contribution in [3.8, 4) is 0 Å². The molecule has 17 heavy (non-hydrogen) atoms. The third kappa shape index (κ3) is 2.86. The van der Waals surface area contributed by atoms with Crippen LogP contribution in [0.25, 0.3) is 0 Å². The van der Waals surface area contributed by atoms with Gasteiger partial charge in [0.05, 0.1) is 6.20 Å². The van der Waals surface area contributed by atoms with Crippen LogP contribution in [0.15, 0.2) is 11.0 Å². The molecule has 0 aliphatic heterocycles. The lowest BCUT2D eigenvalue weighted by atomic mass is 10.4. The number of hydrogen-bond donors (Lipinski definition) is 1. The number of nitrogens with two attached hydrogens (primary N) is 1. The Morgan fingerprint density at radius 2 is 2.18 bits per heavy atom. The molecule has 1 rings (SSSR count).